The molecule has 28 heavy (non-hydrogen) atoms. The second-order valence-corrected chi connectivity index (χ2v) is 8.22. The molecule has 0 bridgehead atoms. The monoisotopic (exact) mass is 475 g/mol. The molecule has 0 saturated heterocycles. The van der Waals surface area contributed by atoms with Crippen LogP contribution in [-0.4, -0.2) is 23.1 Å². The first-order valence-electron chi connectivity index (χ1n) is 8.36. The van der Waals surface area contributed by atoms with Crippen molar-refractivity contribution in [3.63, 3.8) is 0 Å². The summed E-state index contributed by atoms with van der Waals surface area (Å²) in [5.74, 6) is 0.504. The van der Waals surface area contributed by atoms with Gasteiger partial charge in [0.15, 0.2) is 10.2 Å². The fourth-order valence-electron chi connectivity index (χ4n) is 2.48. The number of hydrogen-bond donors (Lipinski definition) is 2. The van der Waals surface area contributed by atoms with Crippen LogP contribution in [0.15, 0.2) is 46.3 Å². The van der Waals surface area contributed by atoms with Crippen molar-refractivity contribution in [2.24, 2.45) is 0 Å². The van der Waals surface area contributed by atoms with Gasteiger partial charge in [0, 0.05) is 16.5 Å². The number of amides is 1. The largest absolute Gasteiger partial charge is 0.496 e. The first-order chi connectivity index (χ1) is 13.4. The number of aromatic nitrogens is 1. The fraction of sp³-hybridized carbons (Fsp3) is 0.150. The second-order valence-electron chi connectivity index (χ2n) is 6.09. The first kappa shape index (κ1) is 20.4. The van der Waals surface area contributed by atoms with Crippen molar-refractivity contribution in [2.75, 3.05) is 12.4 Å². The average molecular weight is 476 g/mol. The van der Waals surface area contributed by atoms with Crippen molar-refractivity contribution in [3.05, 3.63) is 62.9 Å². The van der Waals surface area contributed by atoms with E-state index in [1.807, 2.05) is 49.6 Å². The summed E-state index contributed by atoms with van der Waals surface area (Å²) in [4.78, 5) is 16.9. The van der Waals surface area contributed by atoms with Gasteiger partial charge in [0.1, 0.15) is 5.75 Å². The predicted molar refractivity (Wildman–Crippen MR) is 121 cm³/mol. The molecule has 3 aromatic rings. The van der Waals surface area contributed by atoms with Gasteiger partial charge in [-0.3, -0.25) is 10.1 Å². The van der Waals surface area contributed by atoms with Crippen LogP contribution in [0.1, 0.15) is 21.5 Å². The molecule has 0 radical (unpaired) electrons. The molecular weight excluding hydrogens is 458 g/mol. The highest BCUT2D eigenvalue weighted by molar-refractivity contribution is 9.10. The number of aryl methyl sites for hydroxylation is 2. The van der Waals surface area contributed by atoms with Gasteiger partial charge in [0.25, 0.3) is 5.91 Å². The maximum absolute atomic E-state index is 12.4. The van der Waals surface area contributed by atoms with E-state index in [2.05, 4.69) is 31.5 Å². The molecular formula is C20H18BrN3O2S2. The number of hydrogen-bond acceptors (Lipinski definition) is 5. The Bertz CT molecular complexity index is 1050. The Balaban J connectivity index is 1.66. The van der Waals surface area contributed by atoms with Crippen LogP contribution in [0.3, 0.4) is 0 Å². The van der Waals surface area contributed by atoms with Crippen LogP contribution in [0.4, 0.5) is 5.13 Å². The molecule has 0 atom stereocenters. The highest BCUT2D eigenvalue weighted by atomic mass is 79.9. The lowest BCUT2D eigenvalue weighted by atomic mass is 10.1. The van der Waals surface area contributed by atoms with Crippen molar-refractivity contribution < 1.29 is 9.53 Å². The second kappa shape index (κ2) is 8.81. The quantitative estimate of drug-likeness (QED) is 0.499. The van der Waals surface area contributed by atoms with Crippen molar-refractivity contribution in [2.45, 2.75) is 13.8 Å². The molecule has 1 heterocycles. The van der Waals surface area contributed by atoms with Crippen molar-refractivity contribution in [1.29, 1.82) is 0 Å². The Labute approximate surface area is 181 Å². The normalized spacial score (nSPS) is 10.4. The number of nitrogens with one attached hydrogen (secondary N) is 2. The zero-order chi connectivity index (χ0) is 20.3. The number of halogens is 1. The van der Waals surface area contributed by atoms with Crippen molar-refractivity contribution in [3.8, 4) is 17.0 Å². The highest BCUT2D eigenvalue weighted by Gasteiger charge is 2.12. The molecule has 8 heteroatoms. The summed E-state index contributed by atoms with van der Waals surface area (Å²) in [5, 5.41) is 8.39. The lowest BCUT2D eigenvalue weighted by Crippen LogP contribution is -2.34. The number of ether oxygens (including phenoxy) is 1. The molecule has 1 amide bonds. The third-order valence-electron chi connectivity index (χ3n) is 4.17. The average Bonchev–Trinajstić information content (AvgIpc) is 3.12. The van der Waals surface area contributed by atoms with Crippen LogP contribution >= 0.6 is 39.5 Å². The van der Waals surface area contributed by atoms with E-state index >= 15 is 0 Å². The molecule has 5 nitrogen and oxygen atoms in total. The molecule has 0 aliphatic heterocycles. The Morgan fingerprint density at radius 3 is 2.64 bits per heavy atom. The van der Waals surface area contributed by atoms with Crippen LogP contribution in [0.2, 0.25) is 0 Å². The zero-order valence-electron chi connectivity index (χ0n) is 15.5. The van der Waals surface area contributed by atoms with E-state index in [9.17, 15) is 4.79 Å². The molecule has 144 valence electrons. The smallest absolute Gasteiger partial charge is 0.257 e. The maximum atomic E-state index is 12.4. The third kappa shape index (κ3) is 4.76. The number of anilines is 1. The summed E-state index contributed by atoms with van der Waals surface area (Å²) in [6.07, 6.45) is 0. The minimum absolute atomic E-state index is 0.208. The van der Waals surface area contributed by atoms with Gasteiger partial charge in [0.05, 0.1) is 17.3 Å². The number of benzene rings is 2. The summed E-state index contributed by atoms with van der Waals surface area (Å²) >= 11 is 10.1. The fourth-order valence-corrected chi connectivity index (χ4v) is 3.99. The number of carbonyl (C=O) groups excluding carboxylic acids is 1. The van der Waals surface area contributed by atoms with Gasteiger partial charge < -0.3 is 10.1 Å². The molecule has 0 fully saturated rings. The molecule has 2 N–H and O–H groups in total. The minimum Gasteiger partial charge on any atom is -0.496 e. The molecule has 3 rings (SSSR count). The van der Waals surface area contributed by atoms with Gasteiger partial charge in [-0.25, -0.2) is 4.98 Å². The summed E-state index contributed by atoms with van der Waals surface area (Å²) < 4.78 is 6.10. The van der Waals surface area contributed by atoms with E-state index in [-0.39, 0.29) is 11.0 Å². The summed E-state index contributed by atoms with van der Waals surface area (Å²) in [5.41, 5.74) is 4.51. The molecule has 2 aromatic carbocycles. The SMILES string of the molecule is COc1ccc(-c2csc(NC(=S)NC(=O)c3ccc(C)c(C)c3)n2)cc1Br. The number of rotatable bonds is 4. The topological polar surface area (TPSA) is 63.2 Å². The summed E-state index contributed by atoms with van der Waals surface area (Å²) in [6, 6.07) is 11.3. The van der Waals surface area contributed by atoms with Crippen molar-refractivity contribution >= 4 is 55.6 Å². The Kier molecular flexibility index (Phi) is 6.43. The Hall–Kier alpha value is -2.29. The predicted octanol–water partition coefficient (Wildman–Crippen LogP) is 5.32. The molecule has 1 aromatic heterocycles. The summed E-state index contributed by atoms with van der Waals surface area (Å²) in [6.45, 7) is 3.97. The highest BCUT2D eigenvalue weighted by Crippen LogP contribution is 2.32. The van der Waals surface area contributed by atoms with Gasteiger partial charge in [-0.15, -0.1) is 11.3 Å². The van der Waals surface area contributed by atoms with Crippen LogP contribution < -0.4 is 15.4 Å². The molecule has 0 aliphatic rings. The Morgan fingerprint density at radius 2 is 1.96 bits per heavy atom. The van der Waals surface area contributed by atoms with Crippen LogP contribution in [0.5, 0.6) is 5.75 Å². The van der Waals surface area contributed by atoms with Gasteiger partial charge in [-0.2, -0.15) is 0 Å². The number of methoxy groups -OCH3 is 1. The van der Waals surface area contributed by atoms with Gasteiger partial charge in [0.2, 0.25) is 0 Å². The minimum atomic E-state index is -0.253. The van der Waals surface area contributed by atoms with Gasteiger partial charge >= 0.3 is 0 Å². The van der Waals surface area contributed by atoms with Crippen LogP contribution in [0, 0.1) is 13.8 Å². The maximum Gasteiger partial charge on any atom is 0.257 e. The molecule has 0 spiro atoms. The van der Waals surface area contributed by atoms with Gasteiger partial charge in [-0.1, -0.05) is 6.07 Å². The molecule has 0 unspecified atom stereocenters. The summed E-state index contributed by atoms with van der Waals surface area (Å²) in [7, 11) is 1.62. The number of nitrogens with zero attached hydrogens (tertiary/aromatic N) is 1. The number of thiocarbonyl (C=S) groups is 1. The van der Waals surface area contributed by atoms with E-state index in [1.165, 1.54) is 11.3 Å². The van der Waals surface area contributed by atoms with Crippen LogP contribution in [0.25, 0.3) is 11.3 Å². The number of carbonyl (C=O) groups is 1. The number of thiazole rings is 1. The van der Waals surface area contributed by atoms with E-state index in [0.717, 1.165) is 32.6 Å². The lowest BCUT2D eigenvalue weighted by molar-refractivity contribution is 0.0977. The lowest BCUT2D eigenvalue weighted by Gasteiger charge is -2.08. The third-order valence-corrected chi connectivity index (χ3v) is 5.75. The van der Waals surface area contributed by atoms with E-state index in [1.54, 1.807) is 13.2 Å². The zero-order valence-corrected chi connectivity index (χ0v) is 18.7. The van der Waals surface area contributed by atoms with Gasteiger partial charge in [-0.05, 0) is 83.5 Å². The standard InChI is InChI=1S/C20H18BrN3O2S2/c1-11-4-5-14(8-12(11)2)18(25)23-19(27)24-20-22-16(10-28-20)13-6-7-17(26-3)15(21)9-13/h4-10H,1-3H3,(H2,22,23,24,25,27). The Morgan fingerprint density at radius 1 is 1.18 bits per heavy atom. The molecule has 0 saturated carbocycles. The van der Waals surface area contributed by atoms with E-state index in [0.29, 0.717) is 10.7 Å². The molecule has 0 aliphatic carbocycles. The van der Waals surface area contributed by atoms with Crippen LogP contribution in [-0.2, 0) is 0 Å². The first-order valence-corrected chi connectivity index (χ1v) is 10.4. The van der Waals surface area contributed by atoms with Crippen molar-refractivity contribution in [1.82, 2.24) is 10.3 Å². The van der Waals surface area contributed by atoms with E-state index < -0.39 is 0 Å². The van der Waals surface area contributed by atoms with E-state index in [4.69, 9.17) is 17.0 Å².